The molecule has 0 radical (unpaired) electrons. The maximum atomic E-state index is 4.58. The fourth-order valence-electron chi connectivity index (χ4n) is 2.30. The Bertz CT molecular complexity index is 400. The standard InChI is InChI=1S/C16H24N2S/c1-13(2)11-15-12-18-16(19-15)17-10-6-9-14-7-4-3-5-8-14/h3-5,7-8,13,15H,6,9-12H2,1-2H3,(H,17,18). The van der Waals surface area contributed by atoms with Crippen LogP contribution in [0.4, 0.5) is 0 Å². The van der Waals surface area contributed by atoms with Gasteiger partial charge >= 0.3 is 0 Å². The Morgan fingerprint density at radius 2 is 2.11 bits per heavy atom. The van der Waals surface area contributed by atoms with Gasteiger partial charge in [-0.2, -0.15) is 0 Å². The molecule has 0 saturated heterocycles. The smallest absolute Gasteiger partial charge is 0.156 e. The maximum absolute atomic E-state index is 4.58. The van der Waals surface area contributed by atoms with Gasteiger partial charge in [0.05, 0.1) is 6.54 Å². The molecular formula is C16H24N2S. The van der Waals surface area contributed by atoms with Crippen LogP contribution >= 0.6 is 11.8 Å². The van der Waals surface area contributed by atoms with E-state index in [1.165, 1.54) is 18.4 Å². The third-order valence-electron chi connectivity index (χ3n) is 3.21. The van der Waals surface area contributed by atoms with Crippen molar-refractivity contribution in [2.75, 3.05) is 13.1 Å². The van der Waals surface area contributed by atoms with Gasteiger partial charge in [0.15, 0.2) is 5.17 Å². The number of rotatable bonds is 6. The van der Waals surface area contributed by atoms with Crippen molar-refractivity contribution >= 4 is 16.9 Å². The van der Waals surface area contributed by atoms with Crippen molar-refractivity contribution in [3.8, 4) is 0 Å². The van der Waals surface area contributed by atoms with Crippen LogP contribution in [0.5, 0.6) is 0 Å². The normalized spacial score (nSPS) is 18.7. The van der Waals surface area contributed by atoms with Gasteiger partial charge < -0.3 is 5.32 Å². The van der Waals surface area contributed by atoms with Crippen LogP contribution in [-0.2, 0) is 6.42 Å². The molecule has 1 N–H and O–H groups in total. The van der Waals surface area contributed by atoms with Gasteiger partial charge in [-0.25, -0.2) is 0 Å². The molecule has 0 aliphatic carbocycles. The van der Waals surface area contributed by atoms with E-state index in [4.69, 9.17) is 0 Å². The van der Waals surface area contributed by atoms with Crippen molar-refractivity contribution in [3.63, 3.8) is 0 Å². The number of nitrogens with zero attached hydrogens (tertiary/aromatic N) is 1. The molecule has 104 valence electrons. The zero-order chi connectivity index (χ0) is 13.5. The van der Waals surface area contributed by atoms with E-state index in [-0.39, 0.29) is 0 Å². The number of nitrogens with one attached hydrogen (secondary N) is 1. The van der Waals surface area contributed by atoms with E-state index in [0.29, 0.717) is 5.25 Å². The molecule has 1 heterocycles. The van der Waals surface area contributed by atoms with Gasteiger partial charge in [0.25, 0.3) is 0 Å². The van der Waals surface area contributed by atoms with Gasteiger partial charge in [0.2, 0.25) is 0 Å². The first-order valence-electron chi connectivity index (χ1n) is 7.23. The number of hydrogen-bond acceptors (Lipinski definition) is 3. The molecule has 2 nitrogen and oxygen atoms in total. The van der Waals surface area contributed by atoms with Crippen molar-refractivity contribution in [3.05, 3.63) is 35.9 Å². The lowest BCUT2D eigenvalue weighted by Gasteiger charge is -2.11. The molecule has 19 heavy (non-hydrogen) atoms. The quantitative estimate of drug-likeness (QED) is 0.801. The molecule has 0 saturated carbocycles. The van der Waals surface area contributed by atoms with Crippen LogP contribution in [0, 0.1) is 5.92 Å². The molecule has 1 unspecified atom stereocenters. The van der Waals surface area contributed by atoms with Gasteiger partial charge in [-0.15, -0.1) is 0 Å². The Morgan fingerprint density at radius 1 is 1.32 bits per heavy atom. The Labute approximate surface area is 121 Å². The third kappa shape index (κ3) is 5.27. The van der Waals surface area contributed by atoms with Crippen LogP contribution in [0.25, 0.3) is 0 Å². The van der Waals surface area contributed by atoms with Gasteiger partial charge in [-0.05, 0) is 30.7 Å². The fourth-order valence-corrected chi connectivity index (χ4v) is 3.58. The Kier molecular flexibility index (Phi) is 5.77. The molecule has 3 heteroatoms. The second kappa shape index (κ2) is 7.59. The summed E-state index contributed by atoms with van der Waals surface area (Å²) in [5, 5.41) is 5.31. The number of aliphatic imine (C=N–C) groups is 1. The van der Waals surface area contributed by atoms with E-state index in [1.54, 1.807) is 0 Å². The third-order valence-corrected chi connectivity index (χ3v) is 4.38. The van der Waals surface area contributed by atoms with Crippen molar-refractivity contribution in [2.24, 2.45) is 10.9 Å². The van der Waals surface area contributed by atoms with Crippen LogP contribution in [-0.4, -0.2) is 23.5 Å². The molecular weight excluding hydrogens is 252 g/mol. The number of thioether (sulfide) groups is 1. The minimum Gasteiger partial charge on any atom is -0.365 e. The topological polar surface area (TPSA) is 24.4 Å². The molecule has 0 amide bonds. The monoisotopic (exact) mass is 276 g/mol. The summed E-state index contributed by atoms with van der Waals surface area (Å²) in [6.45, 7) is 6.58. The zero-order valence-electron chi connectivity index (χ0n) is 11.9. The van der Waals surface area contributed by atoms with Crippen molar-refractivity contribution in [1.29, 1.82) is 0 Å². The van der Waals surface area contributed by atoms with Gasteiger partial charge in [-0.3, -0.25) is 4.99 Å². The average molecular weight is 276 g/mol. The van der Waals surface area contributed by atoms with Gasteiger partial charge in [-0.1, -0.05) is 55.9 Å². The van der Waals surface area contributed by atoms with E-state index < -0.39 is 0 Å². The van der Waals surface area contributed by atoms with Crippen molar-refractivity contribution in [2.45, 2.75) is 38.4 Å². The molecule has 1 aliphatic heterocycles. The highest BCUT2D eigenvalue weighted by molar-refractivity contribution is 8.14. The molecule has 0 spiro atoms. The summed E-state index contributed by atoms with van der Waals surface area (Å²) in [6, 6.07) is 10.7. The average Bonchev–Trinajstić information content (AvgIpc) is 2.83. The van der Waals surface area contributed by atoms with Gasteiger partial charge in [0, 0.05) is 11.8 Å². The first-order valence-corrected chi connectivity index (χ1v) is 8.11. The summed E-state index contributed by atoms with van der Waals surface area (Å²) in [6.07, 6.45) is 3.57. The molecule has 2 rings (SSSR count). The predicted molar refractivity (Wildman–Crippen MR) is 85.9 cm³/mol. The Balaban J connectivity index is 1.60. The first kappa shape index (κ1) is 14.4. The lowest BCUT2D eigenvalue weighted by molar-refractivity contribution is 0.575. The van der Waals surface area contributed by atoms with Gasteiger partial charge in [0.1, 0.15) is 0 Å². The van der Waals surface area contributed by atoms with Crippen LogP contribution in [0.2, 0.25) is 0 Å². The lowest BCUT2D eigenvalue weighted by Crippen LogP contribution is -2.21. The summed E-state index contributed by atoms with van der Waals surface area (Å²) in [5.74, 6) is 0.769. The molecule has 0 fully saturated rings. The lowest BCUT2D eigenvalue weighted by atomic mass is 10.1. The van der Waals surface area contributed by atoms with Crippen LogP contribution < -0.4 is 5.32 Å². The maximum Gasteiger partial charge on any atom is 0.156 e. The number of aryl methyl sites for hydroxylation is 1. The highest BCUT2D eigenvalue weighted by Crippen LogP contribution is 2.25. The van der Waals surface area contributed by atoms with Crippen molar-refractivity contribution < 1.29 is 0 Å². The summed E-state index contributed by atoms with van der Waals surface area (Å²) in [4.78, 5) is 4.58. The molecule has 1 atom stereocenters. The minimum absolute atomic E-state index is 0.691. The Hall–Kier alpha value is -0.960. The predicted octanol–water partition coefficient (Wildman–Crippen LogP) is 3.73. The molecule has 1 aliphatic rings. The number of amidine groups is 1. The number of benzene rings is 1. The second-order valence-electron chi connectivity index (χ2n) is 5.53. The van der Waals surface area contributed by atoms with E-state index in [9.17, 15) is 0 Å². The van der Waals surface area contributed by atoms with Crippen LogP contribution in [0.15, 0.2) is 35.3 Å². The molecule has 0 aromatic heterocycles. The largest absolute Gasteiger partial charge is 0.365 e. The summed E-state index contributed by atoms with van der Waals surface area (Å²) in [7, 11) is 0. The molecule has 0 bridgehead atoms. The van der Waals surface area contributed by atoms with Crippen LogP contribution in [0.1, 0.15) is 32.3 Å². The van der Waals surface area contributed by atoms with Crippen molar-refractivity contribution in [1.82, 2.24) is 5.32 Å². The highest BCUT2D eigenvalue weighted by atomic mass is 32.2. The molecule has 1 aromatic rings. The zero-order valence-corrected chi connectivity index (χ0v) is 12.7. The molecule has 1 aromatic carbocycles. The van der Waals surface area contributed by atoms with Crippen LogP contribution in [0.3, 0.4) is 0 Å². The van der Waals surface area contributed by atoms with E-state index >= 15 is 0 Å². The van der Waals surface area contributed by atoms with E-state index in [0.717, 1.165) is 30.6 Å². The van der Waals surface area contributed by atoms with E-state index in [1.807, 2.05) is 11.8 Å². The minimum atomic E-state index is 0.691. The summed E-state index contributed by atoms with van der Waals surface area (Å²) >= 11 is 1.92. The first-order chi connectivity index (χ1) is 9.24. The SMILES string of the molecule is CC(C)CC1CN=C(NCCCc2ccccc2)S1. The van der Waals surface area contributed by atoms with E-state index in [2.05, 4.69) is 54.5 Å². The summed E-state index contributed by atoms with van der Waals surface area (Å²) in [5.41, 5.74) is 1.42. The fraction of sp³-hybridized carbons (Fsp3) is 0.562. The highest BCUT2D eigenvalue weighted by Gasteiger charge is 2.19. The second-order valence-corrected chi connectivity index (χ2v) is 6.82. The Morgan fingerprint density at radius 3 is 2.84 bits per heavy atom. The number of hydrogen-bond donors (Lipinski definition) is 1. The summed E-state index contributed by atoms with van der Waals surface area (Å²) < 4.78 is 0.